The summed E-state index contributed by atoms with van der Waals surface area (Å²) in [4.78, 5) is 34.5. The van der Waals surface area contributed by atoms with Crippen LogP contribution in [0.2, 0.25) is 0 Å². The highest BCUT2D eigenvalue weighted by atomic mass is 32.2. The Labute approximate surface area is 195 Å². The number of nitrogens with zero attached hydrogens (tertiary/aromatic N) is 3. The van der Waals surface area contributed by atoms with Gasteiger partial charge >= 0.3 is 0 Å². The van der Waals surface area contributed by atoms with Crippen molar-refractivity contribution in [2.24, 2.45) is 0 Å². The van der Waals surface area contributed by atoms with Crippen LogP contribution in [0.15, 0.2) is 53.6 Å². The van der Waals surface area contributed by atoms with E-state index in [4.69, 9.17) is 10.0 Å². The molecule has 1 heterocycles. The lowest BCUT2D eigenvalue weighted by molar-refractivity contribution is -0.131. The highest BCUT2D eigenvalue weighted by Crippen LogP contribution is 2.24. The quantitative estimate of drug-likeness (QED) is 0.278. The van der Waals surface area contributed by atoms with Gasteiger partial charge in [0.25, 0.3) is 11.5 Å². The largest absolute Gasteiger partial charge is 0.616 e. The molecule has 0 saturated heterocycles. The van der Waals surface area contributed by atoms with E-state index in [0.717, 1.165) is 16.7 Å². The van der Waals surface area contributed by atoms with Gasteiger partial charge in [-0.05, 0) is 46.9 Å². The minimum absolute atomic E-state index is 0.0955. The Balaban J connectivity index is 1.83. The number of carbonyl (C=O) groups is 1. The third-order valence-electron chi connectivity index (χ3n) is 5.88. The summed E-state index contributed by atoms with van der Waals surface area (Å²) < 4.78 is 12.1. The second kappa shape index (κ2) is 10.4. The first-order chi connectivity index (χ1) is 15.7. The van der Waals surface area contributed by atoms with E-state index in [2.05, 4.69) is 4.98 Å². The SMILES string of the molecule is CON(C)Cc1ccc(-c2ccc3c(=O)n(CC[C@](C)(C(=O)NO)[S+](C)[O-])cnc3c2)cc1. The molecule has 0 aliphatic carbocycles. The average molecular weight is 473 g/mol. The molecular weight excluding hydrogens is 444 g/mol. The van der Waals surface area contributed by atoms with E-state index >= 15 is 0 Å². The summed E-state index contributed by atoms with van der Waals surface area (Å²) in [6.45, 7) is 2.28. The molecule has 10 heteroatoms. The third-order valence-corrected chi connectivity index (χ3v) is 7.53. The first-order valence-corrected chi connectivity index (χ1v) is 11.9. The van der Waals surface area contributed by atoms with Crippen LogP contribution < -0.4 is 11.0 Å². The van der Waals surface area contributed by atoms with Gasteiger partial charge in [0.15, 0.2) is 0 Å². The molecule has 2 atom stereocenters. The highest BCUT2D eigenvalue weighted by molar-refractivity contribution is 7.92. The Hall–Kier alpha value is -2.76. The van der Waals surface area contributed by atoms with E-state index in [9.17, 15) is 14.1 Å². The number of aryl methyl sites for hydroxylation is 1. The molecule has 1 aromatic heterocycles. The molecule has 2 aromatic carbocycles. The maximum atomic E-state index is 13.0. The molecule has 9 nitrogen and oxygen atoms in total. The maximum absolute atomic E-state index is 13.0. The second-order valence-electron chi connectivity index (χ2n) is 8.02. The van der Waals surface area contributed by atoms with Crippen LogP contribution in [0.1, 0.15) is 18.9 Å². The topological polar surface area (TPSA) is 120 Å². The van der Waals surface area contributed by atoms with Gasteiger partial charge in [0.1, 0.15) is 0 Å². The number of rotatable bonds is 9. The molecule has 3 aromatic rings. The molecule has 0 aliphatic rings. The van der Waals surface area contributed by atoms with E-state index in [1.54, 1.807) is 23.7 Å². The van der Waals surface area contributed by atoms with E-state index in [-0.39, 0.29) is 18.5 Å². The van der Waals surface area contributed by atoms with Gasteiger partial charge in [-0.3, -0.25) is 19.4 Å². The van der Waals surface area contributed by atoms with Gasteiger partial charge in [-0.1, -0.05) is 30.3 Å². The Morgan fingerprint density at radius 2 is 1.94 bits per heavy atom. The van der Waals surface area contributed by atoms with Gasteiger partial charge in [-0.15, -0.1) is 0 Å². The zero-order valence-corrected chi connectivity index (χ0v) is 19.9. The van der Waals surface area contributed by atoms with Gasteiger partial charge in [0, 0.05) is 26.6 Å². The molecule has 0 fully saturated rings. The second-order valence-corrected chi connectivity index (χ2v) is 9.83. The number of hydrogen-bond donors (Lipinski definition) is 2. The number of benzene rings is 2. The molecule has 0 spiro atoms. The number of hydrogen-bond acceptors (Lipinski definition) is 7. The highest BCUT2D eigenvalue weighted by Gasteiger charge is 2.42. The van der Waals surface area contributed by atoms with Gasteiger partial charge in [-0.25, -0.2) is 10.5 Å². The maximum Gasteiger partial charge on any atom is 0.299 e. The average Bonchev–Trinajstić information content (AvgIpc) is 2.82. The summed E-state index contributed by atoms with van der Waals surface area (Å²) >= 11 is -1.55. The Kier molecular flexibility index (Phi) is 7.88. The van der Waals surface area contributed by atoms with Crippen LogP contribution in [0.25, 0.3) is 22.0 Å². The molecule has 1 unspecified atom stereocenters. The molecule has 33 heavy (non-hydrogen) atoms. The van der Waals surface area contributed by atoms with E-state index in [1.807, 2.05) is 43.4 Å². The summed E-state index contributed by atoms with van der Waals surface area (Å²) in [5, 5.41) is 11.2. The predicted octanol–water partition coefficient (Wildman–Crippen LogP) is 2.09. The number of hydroxylamine groups is 3. The van der Waals surface area contributed by atoms with Crippen molar-refractivity contribution in [1.29, 1.82) is 0 Å². The predicted molar refractivity (Wildman–Crippen MR) is 127 cm³/mol. The van der Waals surface area contributed by atoms with Crippen LogP contribution in [0.4, 0.5) is 0 Å². The smallest absolute Gasteiger partial charge is 0.299 e. The van der Waals surface area contributed by atoms with Gasteiger partial charge in [-0.2, -0.15) is 5.06 Å². The van der Waals surface area contributed by atoms with Crippen molar-refractivity contribution in [3.05, 3.63) is 64.7 Å². The van der Waals surface area contributed by atoms with E-state index in [1.165, 1.54) is 24.1 Å². The van der Waals surface area contributed by atoms with Crippen LogP contribution in [-0.4, -0.2) is 55.4 Å². The van der Waals surface area contributed by atoms with Crippen LogP contribution in [0.3, 0.4) is 0 Å². The minimum atomic E-state index is -1.55. The van der Waals surface area contributed by atoms with Gasteiger partial charge in [0.2, 0.25) is 4.75 Å². The van der Waals surface area contributed by atoms with Crippen molar-refractivity contribution in [2.45, 2.75) is 31.2 Å². The summed E-state index contributed by atoms with van der Waals surface area (Å²) in [6.07, 6.45) is 2.91. The van der Waals surface area contributed by atoms with Crippen LogP contribution in [0, 0.1) is 0 Å². The number of amides is 1. The molecule has 0 saturated carbocycles. The third kappa shape index (κ3) is 5.43. The summed E-state index contributed by atoms with van der Waals surface area (Å²) in [7, 11) is 3.48. The molecule has 2 N–H and O–H groups in total. The minimum Gasteiger partial charge on any atom is -0.616 e. The lowest BCUT2D eigenvalue weighted by Crippen LogP contribution is -2.50. The van der Waals surface area contributed by atoms with Gasteiger partial charge in [0.05, 0.1) is 30.6 Å². The van der Waals surface area contributed by atoms with Crippen molar-refractivity contribution in [3.8, 4) is 11.1 Å². The van der Waals surface area contributed by atoms with Crippen molar-refractivity contribution < 1.29 is 19.4 Å². The Morgan fingerprint density at radius 3 is 2.55 bits per heavy atom. The number of aromatic nitrogens is 2. The van der Waals surface area contributed by atoms with E-state index < -0.39 is 21.8 Å². The lowest BCUT2D eigenvalue weighted by atomic mass is 10.0. The van der Waals surface area contributed by atoms with Crippen molar-refractivity contribution >= 4 is 28.0 Å². The summed E-state index contributed by atoms with van der Waals surface area (Å²) in [6, 6.07) is 13.5. The first-order valence-electron chi connectivity index (χ1n) is 10.3. The first kappa shape index (κ1) is 24.9. The van der Waals surface area contributed by atoms with Crippen molar-refractivity contribution in [2.75, 3.05) is 20.4 Å². The van der Waals surface area contributed by atoms with Crippen LogP contribution >= 0.6 is 0 Å². The molecule has 0 aliphatic heterocycles. The summed E-state index contributed by atoms with van der Waals surface area (Å²) in [5.41, 5.74) is 4.92. The standard InChI is InChI=1S/C23H28N4O5S/c1-23(33(4)31,22(29)25-30)11-12-27-15-24-20-13-18(9-10-19(20)21(27)28)17-7-5-16(6-8-17)14-26(2)32-3/h5-10,13,15,30H,11-12,14H2,1-4H3,(H,25,29)/t23-,33?/m1/s1. The summed E-state index contributed by atoms with van der Waals surface area (Å²) in [5.74, 6) is -0.755. The molecule has 176 valence electrons. The number of carbonyl (C=O) groups excluding carboxylic acids is 1. The number of nitrogens with one attached hydrogen (secondary N) is 1. The van der Waals surface area contributed by atoms with E-state index in [0.29, 0.717) is 17.4 Å². The monoisotopic (exact) mass is 472 g/mol. The molecule has 1 amide bonds. The zero-order chi connectivity index (χ0) is 24.2. The Bertz CT molecular complexity index is 1180. The molecule has 3 rings (SSSR count). The fourth-order valence-corrected chi connectivity index (χ4v) is 4.15. The van der Waals surface area contributed by atoms with Crippen LogP contribution in [-0.2, 0) is 33.9 Å². The Morgan fingerprint density at radius 1 is 1.27 bits per heavy atom. The normalized spacial score (nSPS) is 14.3. The fraction of sp³-hybridized carbons (Fsp3) is 0.348. The number of fused-ring (bicyclic) bond motifs is 1. The molecule has 0 bridgehead atoms. The van der Waals surface area contributed by atoms with Gasteiger partial charge < -0.3 is 9.39 Å². The fourth-order valence-electron chi connectivity index (χ4n) is 3.46. The van der Waals surface area contributed by atoms with Crippen molar-refractivity contribution in [1.82, 2.24) is 20.1 Å². The molecule has 0 radical (unpaired) electrons. The zero-order valence-electron chi connectivity index (χ0n) is 19.1. The van der Waals surface area contributed by atoms with Crippen molar-refractivity contribution in [3.63, 3.8) is 0 Å². The molecular formula is C23H28N4O5S. The van der Waals surface area contributed by atoms with Crippen LogP contribution in [0.5, 0.6) is 0 Å². The lowest BCUT2D eigenvalue weighted by Gasteiger charge is -2.27.